The Bertz CT molecular complexity index is 1150. The van der Waals surface area contributed by atoms with Gasteiger partial charge in [-0.05, 0) is 29.2 Å². The molecule has 3 amide bonds. The first kappa shape index (κ1) is 22.9. The fourth-order valence-corrected chi connectivity index (χ4v) is 3.33. The molecular formula is C23H26FN5O3. The van der Waals surface area contributed by atoms with Gasteiger partial charge in [-0.25, -0.2) is 4.39 Å². The number of carbonyl (C=O) groups excluding carboxylic acids is 3. The van der Waals surface area contributed by atoms with Crippen molar-refractivity contribution in [3.05, 3.63) is 65.6 Å². The third kappa shape index (κ3) is 5.29. The molecule has 0 unspecified atom stereocenters. The van der Waals surface area contributed by atoms with E-state index in [1.165, 1.54) is 12.1 Å². The second-order valence-corrected chi connectivity index (χ2v) is 8.61. The van der Waals surface area contributed by atoms with Crippen molar-refractivity contribution in [3.8, 4) is 0 Å². The Morgan fingerprint density at radius 1 is 1.09 bits per heavy atom. The van der Waals surface area contributed by atoms with Gasteiger partial charge in [0.2, 0.25) is 11.8 Å². The number of hydrogen-bond donors (Lipinski definition) is 3. The van der Waals surface area contributed by atoms with Crippen molar-refractivity contribution in [2.75, 3.05) is 6.54 Å². The summed E-state index contributed by atoms with van der Waals surface area (Å²) in [4.78, 5) is 36.8. The molecule has 168 valence electrons. The highest BCUT2D eigenvalue weighted by Crippen LogP contribution is 2.23. The summed E-state index contributed by atoms with van der Waals surface area (Å²) in [5.74, 6) is -2.04. The fraction of sp³-hybridized carbons (Fsp3) is 0.304. The van der Waals surface area contributed by atoms with E-state index in [2.05, 4.69) is 15.7 Å². The molecule has 8 nitrogen and oxygen atoms in total. The SMILES string of the molecule is CC(C)(C)[C@H](NC(=O)c1nn(Cc2ccc(F)cc2)c2ccccc12)C(=O)NCC(N)=O. The van der Waals surface area contributed by atoms with Gasteiger partial charge in [-0.1, -0.05) is 51.1 Å². The number of primary amides is 1. The Kier molecular flexibility index (Phi) is 6.57. The smallest absolute Gasteiger partial charge is 0.273 e. The summed E-state index contributed by atoms with van der Waals surface area (Å²) < 4.78 is 14.9. The summed E-state index contributed by atoms with van der Waals surface area (Å²) in [6, 6.07) is 12.4. The van der Waals surface area contributed by atoms with E-state index in [-0.39, 0.29) is 18.1 Å². The van der Waals surface area contributed by atoms with Crippen LogP contribution in [-0.4, -0.2) is 40.1 Å². The van der Waals surface area contributed by atoms with Crippen molar-refractivity contribution in [2.24, 2.45) is 11.1 Å². The minimum atomic E-state index is -0.921. The molecule has 2 aromatic carbocycles. The van der Waals surface area contributed by atoms with Gasteiger partial charge in [-0.2, -0.15) is 5.10 Å². The number of benzene rings is 2. The Hall–Kier alpha value is -3.75. The average molecular weight is 439 g/mol. The molecule has 1 atom stereocenters. The predicted octanol–water partition coefficient (Wildman–Crippen LogP) is 1.97. The van der Waals surface area contributed by atoms with Crippen LogP contribution in [0.3, 0.4) is 0 Å². The second kappa shape index (κ2) is 9.17. The van der Waals surface area contributed by atoms with Crippen molar-refractivity contribution in [2.45, 2.75) is 33.4 Å². The van der Waals surface area contributed by atoms with E-state index in [0.717, 1.165) is 11.1 Å². The van der Waals surface area contributed by atoms with E-state index < -0.39 is 29.2 Å². The lowest BCUT2D eigenvalue weighted by atomic mass is 9.86. The van der Waals surface area contributed by atoms with Gasteiger partial charge in [-0.15, -0.1) is 0 Å². The van der Waals surface area contributed by atoms with Crippen molar-refractivity contribution < 1.29 is 18.8 Å². The molecule has 0 saturated heterocycles. The number of amides is 3. The van der Waals surface area contributed by atoms with Crippen LogP contribution in [-0.2, 0) is 16.1 Å². The molecule has 0 radical (unpaired) electrons. The number of fused-ring (bicyclic) bond motifs is 1. The van der Waals surface area contributed by atoms with Gasteiger partial charge in [0.05, 0.1) is 18.6 Å². The largest absolute Gasteiger partial charge is 0.368 e. The van der Waals surface area contributed by atoms with Gasteiger partial charge in [0.15, 0.2) is 5.69 Å². The highest BCUT2D eigenvalue weighted by molar-refractivity contribution is 6.06. The number of halogens is 1. The molecule has 0 saturated carbocycles. The lowest BCUT2D eigenvalue weighted by Crippen LogP contribution is -2.54. The minimum absolute atomic E-state index is 0.166. The maximum atomic E-state index is 13.2. The van der Waals surface area contributed by atoms with Gasteiger partial charge >= 0.3 is 0 Å². The highest BCUT2D eigenvalue weighted by atomic mass is 19.1. The van der Waals surface area contributed by atoms with Crippen LogP contribution in [0.5, 0.6) is 0 Å². The Labute approximate surface area is 185 Å². The number of para-hydroxylation sites is 1. The third-order valence-electron chi connectivity index (χ3n) is 4.96. The van der Waals surface area contributed by atoms with Crippen LogP contribution < -0.4 is 16.4 Å². The molecule has 4 N–H and O–H groups in total. The molecule has 3 rings (SSSR count). The lowest BCUT2D eigenvalue weighted by molar-refractivity contribution is -0.128. The van der Waals surface area contributed by atoms with Gasteiger partial charge in [0, 0.05) is 5.39 Å². The first-order valence-corrected chi connectivity index (χ1v) is 10.1. The molecular weight excluding hydrogens is 413 g/mol. The standard InChI is InChI=1S/C23H26FN5O3/c1-23(2,3)20(22(32)26-12-18(25)30)27-21(31)19-16-6-4-5-7-17(16)29(28-19)13-14-8-10-15(24)11-9-14/h4-11,20H,12-13H2,1-3H3,(H2,25,30)(H,26,32)(H,27,31)/t20-/m1/s1. The lowest BCUT2D eigenvalue weighted by Gasteiger charge is -2.30. The second-order valence-electron chi connectivity index (χ2n) is 8.61. The number of nitrogens with one attached hydrogen (secondary N) is 2. The van der Waals surface area contributed by atoms with Crippen LogP contribution in [0.4, 0.5) is 4.39 Å². The zero-order valence-corrected chi connectivity index (χ0v) is 18.2. The monoisotopic (exact) mass is 439 g/mol. The number of hydrogen-bond acceptors (Lipinski definition) is 4. The highest BCUT2D eigenvalue weighted by Gasteiger charge is 2.34. The van der Waals surface area contributed by atoms with Crippen LogP contribution in [0.15, 0.2) is 48.5 Å². The molecule has 0 aliphatic carbocycles. The molecule has 0 fully saturated rings. The van der Waals surface area contributed by atoms with E-state index in [1.54, 1.807) is 49.7 Å². The maximum Gasteiger partial charge on any atom is 0.273 e. The normalized spacial score (nSPS) is 12.4. The van der Waals surface area contributed by atoms with Crippen LogP contribution in [0, 0.1) is 11.2 Å². The fourth-order valence-electron chi connectivity index (χ4n) is 3.33. The van der Waals surface area contributed by atoms with E-state index in [4.69, 9.17) is 5.73 Å². The molecule has 9 heteroatoms. The Balaban J connectivity index is 1.90. The molecule has 1 aromatic heterocycles. The topological polar surface area (TPSA) is 119 Å². The summed E-state index contributed by atoms with van der Waals surface area (Å²) in [5.41, 5.74) is 6.19. The van der Waals surface area contributed by atoms with E-state index in [0.29, 0.717) is 11.9 Å². The molecule has 1 heterocycles. The molecule has 0 spiro atoms. The summed E-state index contributed by atoms with van der Waals surface area (Å²) in [7, 11) is 0. The maximum absolute atomic E-state index is 13.2. The summed E-state index contributed by atoms with van der Waals surface area (Å²) >= 11 is 0. The van der Waals surface area contributed by atoms with Gasteiger partial charge in [0.1, 0.15) is 11.9 Å². The van der Waals surface area contributed by atoms with Crippen LogP contribution in [0.25, 0.3) is 10.9 Å². The number of carbonyl (C=O) groups is 3. The molecule has 0 bridgehead atoms. The molecule has 0 aliphatic heterocycles. The predicted molar refractivity (Wildman–Crippen MR) is 118 cm³/mol. The van der Waals surface area contributed by atoms with Crippen molar-refractivity contribution >= 4 is 28.6 Å². The molecule has 3 aromatic rings. The zero-order chi connectivity index (χ0) is 23.5. The van der Waals surface area contributed by atoms with Crippen LogP contribution >= 0.6 is 0 Å². The summed E-state index contributed by atoms with van der Waals surface area (Å²) in [5, 5.41) is 10.3. The van der Waals surface area contributed by atoms with Crippen molar-refractivity contribution in [1.29, 1.82) is 0 Å². The number of rotatable bonds is 7. The first-order valence-electron chi connectivity index (χ1n) is 10.1. The third-order valence-corrected chi connectivity index (χ3v) is 4.96. The number of nitrogens with two attached hydrogens (primary N) is 1. The average Bonchev–Trinajstić information content (AvgIpc) is 3.09. The number of nitrogens with zero attached hydrogens (tertiary/aromatic N) is 2. The van der Waals surface area contributed by atoms with Crippen LogP contribution in [0.2, 0.25) is 0 Å². The van der Waals surface area contributed by atoms with Crippen molar-refractivity contribution in [3.63, 3.8) is 0 Å². The van der Waals surface area contributed by atoms with Crippen LogP contribution in [0.1, 0.15) is 36.8 Å². The minimum Gasteiger partial charge on any atom is -0.368 e. The van der Waals surface area contributed by atoms with E-state index in [1.807, 2.05) is 12.1 Å². The quantitative estimate of drug-likeness (QED) is 0.521. The van der Waals surface area contributed by atoms with Gasteiger partial charge in [-0.3, -0.25) is 19.1 Å². The summed E-state index contributed by atoms with van der Waals surface area (Å²) in [6.07, 6.45) is 0. The Morgan fingerprint density at radius 2 is 1.75 bits per heavy atom. The van der Waals surface area contributed by atoms with E-state index >= 15 is 0 Å². The van der Waals surface area contributed by atoms with Gasteiger partial charge in [0.25, 0.3) is 5.91 Å². The summed E-state index contributed by atoms with van der Waals surface area (Å²) in [6.45, 7) is 5.42. The number of aromatic nitrogens is 2. The zero-order valence-electron chi connectivity index (χ0n) is 18.2. The Morgan fingerprint density at radius 3 is 2.38 bits per heavy atom. The first-order chi connectivity index (χ1) is 15.1. The van der Waals surface area contributed by atoms with Gasteiger partial charge < -0.3 is 16.4 Å². The molecule has 32 heavy (non-hydrogen) atoms. The van der Waals surface area contributed by atoms with E-state index in [9.17, 15) is 18.8 Å². The van der Waals surface area contributed by atoms with Crippen molar-refractivity contribution in [1.82, 2.24) is 20.4 Å². The molecule has 0 aliphatic rings.